The summed E-state index contributed by atoms with van der Waals surface area (Å²) in [4.78, 5) is 7.17. The number of likely N-dealkylation sites (tertiary alicyclic amines) is 1. The summed E-state index contributed by atoms with van der Waals surface area (Å²) < 4.78 is 5.42. The third kappa shape index (κ3) is 7.14. The molecule has 0 aliphatic carbocycles. The summed E-state index contributed by atoms with van der Waals surface area (Å²) in [7, 11) is 1.73. The van der Waals surface area contributed by atoms with E-state index >= 15 is 0 Å². The monoisotopic (exact) mass is 298 g/mol. The van der Waals surface area contributed by atoms with Crippen LogP contribution in [0.3, 0.4) is 0 Å². The minimum Gasteiger partial charge on any atom is -0.377 e. The van der Waals surface area contributed by atoms with Crippen LogP contribution < -0.4 is 10.6 Å². The summed E-state index contributed by atoms with van der Waals surface area (Å²) in [5, 5.41) is 6.80. The van der Waals surface area contributed by atoms with Gasteiger partial charge >= 0.3 is 0 Å². The van der Waals surface area contributed by atoms with E-state index in [1.807, 2.05) is 0 Å². The highest BCUT2D eigenvalue weighted by Crippen LogP contribution is 2.15. The molecule has 0 saturated carbocycles. The minimum absolute atomic E-state index is 0.216. The number of nitrogens with one attached hydrogen (secondary N) is 2. The van der Waals surface area contributed by atoms with Crippen LogP contribution in [0.15, 0.2) is 4.99 Å². The molecule has 5 heteroatoms. The molecule has 5 nitrogen and oxygen atoms in total. The Hall–Kier alpha value is -0.810. The van der Waals surface area contributed by atoms with Crippen LogP contribution in [0.5, 0.6) is 0 Å². The molecule has 0 amide bonds. The molecule has 0 aromatic carbocycles. The summed E-state index contributed by atoms with van der Waals surface area (Å²) in [5.41, 5.74) is -0.216. The number of hydrogen-bond donors (Lipinski definition) is 2. The fourth-order valence-corrected chi connectivity index (χ4v) is 2.52. The van der Waals surface area contributed by atoms with Crippen LogP contribution in [0, 0.1) is 5.92 Å². The van der Waals surface area contributed by atoms with Crippen molar-refractivity contribution < 1.29 is 4.74 Å². The molecular formula is C16H34N4O. The van der Waals surface area contributed by atoms with Crippen molar-refractivity contribution in [2.45, 2.75) is 46.1 Å². The smallest absolute Gasteiger partial charge is 0.191 e. The third-order valence-corrected chi connectivity index (χ3v) is 4.12. The van der Waals surface area contributed by atoms with Crippen molar-refractivity contribution in [3.05, 3.63) is 0 Å². The number of rotatable bonds is 7. The lowest BCUT2D eigenvalue weighted by molar-refractivity contribution is 0.0310. The zero-order chi connectivity index (χ0) is 15.7. The first-order chi connectivity index (χ1) is 10.0. The molecule has 1 heterocycles. The average molecular weight is 298 g/mol. The Morgan fingerprint density at radius 3 is 2.71 bits per heavy atom. The second-order valence-electron chi connectivity index (χ2n) is 6.44. The molecule has 1 fully saturated rings. The quantitative estimate of drug-likeness (QED) is 0.555. The number of guanidine groups is 1. The van der Waals surface area contributed by atoms with Crippen LogP contribution in [0.2, 0.25) is 0 Å². The van der Waals surface area contributed by atoms with Gasteiger partial charge in [-0.15, -0.1) is 0 Å². The van der Waals surface area contributed by atoms with Crippen LogP contribution >= 0.6 is 0 Å². The maximum absolute atomic E-state index is 5.42. The van der Waals surface area contributed by atoms with Crippen molar-refractivity contribution in [1.82, 2.24) is 15.5 Å². The lowest BCUT2D eigenvalue weighted by Gasteiger charge is -2.32. The van der Waals surface area contributed by atoms with Crippen LogP contribution in [-0.4, -0.2) is 62.8 Å². The zero-order valence-corrected chi connectivity index (χ0v) is 14.5. The fourth-order valence-electron chi connectivity index (χ4n) is 2.52. The molecule has 2 N–H and O–H groups in total. The van der Waals surface area contributed by atoms with E-state index < -0.39 is 0 Å². The van der Waals surface area contributed by atoms with Crippen molar-refractivity contribution in [3.63, 3.8) is 0 Å². The molecular weight excluding hydrogens is 264 g/mol. The van der Waals surface area contributed by atoms with E-state index in [0.29, 0.717) is 6.54 Å². The second kappa shape index (κ2) is 9.26. The van der Waals surface area contributed by atoms with Crippen molar-refractivity contribution >= 4 is 5.96 Å². The Bertz CT molecular complexity index is 317. The Morgan fingerprint density at radius 1 is 1.33 bits per heavy atom. The van der Waals surface area contributed by atoms with E-state index in [0.717, 1.165) is 31.5 Å². The highest BCUT2D eigenvalue weighted by Gasteiger charge is 2.19. The van der Waals surface area contributed by atoms with Crippen LogP contribution in [-0.2, 0) is 4.74 Å². The molecule has 0 radical (unpaired) electrons. The molecule has 1 aliphatic rings. The van der Waals surface area contributed by atoms with Gasteiger partial charge < -0.3 is 20.3 Å². The normalized spacial score (nSPS) is 21.4. The lowest BCUT2D eigenvalue weighted by atomic mass is 9.98. The van der Waals surface area contributed by atoms with Gasteiger partial charge in [0.2, 0.25) is 0 Å². The lowest BCUT2D eigenvalue weighted by Crippen LogP contribution is -2.45. The SMILES string of the molecule is CCNC(=NCC(C)(C)OC)NCC1CCCN(CC)C1. The molecule has 0 aromatic rings. The molecule has 21 heavy (non-hydrogen) atoms. The van der Waals surface area contributed by atoms with E-state index in [1.165, 1.54) is 25.9 Å². The minimum atomic E-state index is -0.216. The topological polar surface area (TPSA) is 48.9 Å². The van der Waals surface area contributed by atoms with Gasteiger partial charge in [-0.2, -0.15) is 0 Å². The first kappa shape index (κ1) is 18.2. The summed E-state index contributed by atoms with van der Waals surface area (Å²) in [6, 6.07) is 0. The summed E-state index contributed by atoms with van der Waals surface area (Å²) >= 11 is 0. The Kier molecular flexibility index (Phi) is 8.04. The molecule has 1 unspecified atom stereocenters. The highest BCUT2D eigenvalue weighted by molar-refractivity contribution is 5.79. The Labute approximate surface area is 130 Å². The van der Waals surface area contributed by atoms with Gasteiger partial charge in [0, 0.05) is 26.7 Å². The van der Waals surface area contributed by atoms with E-state index in [9.17, 15) is 0 Å². The van der Waals surface area contributed by atoms with Crippen molar-refractivity contribution in [2.75, 3.05) is 46.4 Å². The van der Waals surface area contributed by atoms with E-state index in [-0.39, 0.29) is 5.60 Å². The molecule has 124 valence electrons. The molecule has 1 saturated heterocycles. The number of hydrogen-bond acceptors (Lipinski definition) is 3. The fraction of sp³-hybridized carbons (Fsp3) is 0.938. The Morgan fingerprint density at radius 2 is 2.10 bits per heavy atom. The summed E-state index contributed by atoms with van der Waals surface area (Å²) in [6.07, 6.45) is 2.62. The highest BCUT2D eigenvalue weighted by atomic mass is 16.5. The van der Waals surface area contributed by atoms with Gasteiger partial charge in [-0.3, -0.25) is 4.99 Å². The van der Waals surface area contributed by atoms with Crippen molar-refractivity contribution in [3.8, 4) is 0 Å². The van der Waals surface area contributed by atoms with Gasteiger partial charge in [0.05, 0.1) is 12.1 Å². The van der Waals surface area contributed by atoms with Gasteiger partial charge in [0.15, 0.2) is 5.96 Å². The number of nitrogens with zero attached hydrogens (tertiary/aromatic N) is 2. The second-order valence-corrected chi connectivity index (χ2v) is 6.44. The molecule has 0 aromatic heterocycles. The maximum Gasteiger partial charge on any atom is 0.191 e. The summed E-state index contributed by atoms with van der Waals surface area (Å²) in [5.74, 6) is 1.62. The third-order valence-electron chi connectivity index (χ3n) is 4.12. The molecule has 1 aliphatic heterocycles. The molecule has 1 rings (SSSR count). The summed E-state index contributed by atoms with van der Waals surface area (Å²) in [6.45, 7) is 14.6. The Balaban J connectivity index is 2.45. The number of piperidine rings is 1. The average Bonchev–Trinajstić information content (AvgIpc) is 2.50. The van der Waals surface area contributed by atoms with Crippen molar-refractivity contribution in [1.29, 1.82) is 0 Å². The van der Waals surface area contributed by atoms with E-state index in [2.05, 4.69) is 48.2 Å². The van der Waals surface area contributed by atoms with Crippen LogP contribution in [0.1, 0.15) is 40.5 Å². The van der Waals surface area contributed by atoms with Gasteiger partial charge in [-0.05, 0) is 52.6 Å². The largest absolute Gasteiger partial charge is 0.377 e. The van der Waals surface area contributed by atoms with Gasteiger partial charge in [-0.25, -0.2) is 0 Å². The molecule has 1 atom stereocenters. The predicted molar refractivity (Wildman–Crippen MR) is 89.9 cm³/mol. The molecule has 0 spiro atoms. The van der Waals surface area contributed by atoms with Crippen molar-refractivity contribution in [2.24, 2.45) is 10.9 Å². The molecule has 0 bridgehead atoms. The standard InChI is InChI=1S/C16H34N4O/c1-6-17-15(19-13-16(3,4)21-5)18-11-14-9-8-10-20(7-2)12-14/h14H,6-13H2,1-5H3,(H2,17,18,19). The number of methoxy groups -OCH3 is 1. The van der Waals surface area contributed by atoms with E-state index in [1.54, 1.807) is 7.11 Å². The number of aliphatic imine (C=N–C) groups is 1. The van der Waals surface area contributed by atoms with Crippen LogP contribution in [0.4, 0.5) is 0 Å². The van der Waals surface area contributed by atoms with Crippen LogP contribution in [0.25, 0.3) is 0 Å². The van der Waals surface area contributed by atoms with E-state index in [4.69, 9.17) is 4.74 Å². The predicted octanol–water partition coefficient (Wildman–Crippen LogP) is 1.70. The van der Waals surface area contributed by atoms with Gasteiger partial charge in [0.25, 0.3) is 0 Å². The number of ether oxygens (including phenoxy) is 1. The first-order valence-corrected chi connectivity index (χ1v) is 8.30. The van der Waals surface area contributed by atoms with Gasteiger partial charge in [0.1, 0.15) is 0 Å². The zero-order valence-electron chi connectivity index (χ0n) is 14.5. The first-order valence-electron chi connectivity index (χ1n) is 8.30. The maximum atomic E-state index is 5.42. The van der Waals surface area contributed by atoms with Gasteiger partial charge in [-0.1, -0.05) is 6.92 Å².